The third kappa shape index (κ3) is 4.67. The van der Waals surface area contributed by atoms with E-state index in [0.29, 0.717) is 12.8 Å². The van der Waals surface area contributed by atoms with E-state index in [9.17, 15) is 10.0 Å². The fourth-order valence-electron chi connectivity index (χ4n) is 2.76. The van der Waals surface area contributed by atoms with Gasteiger partial charge in [-0.3, -0.25) is 4.79 Å². The molecule has 0 aliphatic carbocycles. The van der Waals surface area contributed by atoms with Crippen LogP contribution in [0.3, 0.4) is 0 Å². The van der Waals surface area contributed by atoms with E-state index in [-0.39, 0.29) is 17.3 Å². The SMILES string of the molecule is O=C(N=c1ccccn1O)C(Cc1ccccc1)Cc1ccccc1. The summed E-state index contributed by atoms with van der Waals surface area (Å²) in [6.45, 7) is 0. The van der Waals surface area contributed by atoms with Crippen molar-refractivity contribution in [2.45, 2.75) is 12.8 Å². The summed E-state index contributed by atoms with van der Waals surface area (Å²) < 4.78 is 0.861. The zero-order valence-corrected chi connectivity index (χ0v) is 13.8. The Balaban J connectivity index is 1.88. The van der Waals surface area contributed by atoms with Gasteiger partial charge in [-0.25, -0.2) is 0 Å². The van der Waals surface area contributed by atoms with E-state index in [4.69, 9.17) is 0 Å². The van der Waals surface area contributed by atoms with Gasteiger partial charge in [-0.15, -0.1) is 0 Å². The maximum absolute atomic E-state index is 12.8. The second-order valence-electron chi connectivity index (χ2n) is 5.93. The summed E-state index contributed by atoms with van der Waals surface area (Å²) in [7, 11) is 0. The molecule has 4 nitrogen and oxygen atoms in total. The third-order valence-electron chi connectivity index (χ3n) is 4.04. The molecule has 0 spiro atoms. The number of hydrogen-bond donors (Lipinski definition) is 1. The van der Waals surface area contributed by atoms with Gasteiger partial charge in [-0.05, 0) is 36.1 Å². The van der Waals surface area contributed by atoms with Gasteiger partial charge in [0, 0.05) is 12.1 Å². The standard InChI is InChI=1S/C21H20N2O2/c24-21(22-20-13-7-8-14-23(20)25)19(15-17-9-3-1-4-10-17)16-18-11-5-2-6-12-18/h1-14,19,25H,15-16H2. The quantitative estimate of drug-likeness (QED) is 0.729. The lowest BCUT2D eigenvalue weighted by molar-refractivity contribution is -0.122. The van der Waals surface area contributed by atoms with Gasteiger partial charge in [0.05, 0.1) is 0 Å². The summed E-state index contributed by atoms with van der Waals surface area (Å²) in [5.41, 5.74) is 2.42. The van der Waals surface area contributed by atoms with Crippen LogP contribution in [0.4, 0.5) is 0 Å². The average Bonchev–Trinajstić information content (AvgIpc) is 2.65. The van der Waals surface area contributed by atoms with Gasteiger partial charge < -0.3 is 5.21 Å². The summed E-state index contributed by atoms with van der Waals surface area (Å²) in [4.78, 5) is 16.9. The predicted molar refractivity (Wildman–Crippen MR) is 96.0 cm³/mol. The van der Waals surface area contributed by atoms with E-state index in [2.05, 4.69) is 4.99 Å². The van der Waals surface area contributed by atoms with Crippen molar-refractivity contribution < 1.29 is 10.0 Å². The molecule has 0 saturated carbocycles. The highest BCUT2D eigenvalue weighted by Gasteiger charge is 2.19. The van der Waals surface area contributed by atoms with Gasteiger partial charge in [0.25, 0.3) is 5.91 Å². The molecule has 0 atom stereocenters. The third-order valence-corrected chi connectivity index (χ3v) is 4.04. The second-order valence-corrected chi connectivity index (χ2v) is 5.93. The Morgan fingerprint density at radius 1 is 0.840 bits per heavy atom. The van der Waals surface area contributed by atoms with Crippen LogP contribution in [0.5, 0.6) is 0 Å². The molecule has 0 aliphatic heterocycles. The molecule has 2 aromatic carbocycles. The lowest BCUT2D eigenvalue weighted by Gasteiger charge is -2.14. The van der Waals surface area contributed by atoms with E-state index in [0.717, 1.165) is 15.9 Å². The van der Waals surface area contributed by atoms with E-state index < -0.39 is 0 Å². The van der Waals surface area contributed by atoms with Crippen molar-refractivity contribution in [2.24, 2.45) is 10.9 Å². The molecular formula is C21H20N2O2. The number of aromatic nitrogens is 1. The molecule has 3 aromatic rings. The molecule has 4 heteroatoms. The Morgan fingerprint density at radius 3 is 1.88 bits per heavy atom. The van der Waals surface area contributed by atoms with Gasteiger partial charge in [0.15, 0.2) is 5.49 Å². The molecule has 1 amide bonds. The molecule has 1 aromatic heterocycles. The maximum Gasteiger partial charge on any atom is 0.251 e. The lowest BCUT2D eigenvalue weighted by Crippen LogP contribution is -2.24. The Morgan fingerprint density at radius 2 is 1.36 bits per heavy atom. The Hall–Kier alpha value is -3.14. The summed E-state index contributed by atoms with van der Waals surface area (Å²) in [6, 6.07) is 24.9. The van der Waals surface area contributed by atoms with Gasteiger partial charge in [0.2, 0.25) is 0 Å². The highest BCUT2D eigenvalue weighted by atomic mass is 16.5. The molecule has 0 radical (unpaired) electrons. The normalized spacial score (nSPS) is 11.6. The zero-order valence-electron chi connectivity index (χ0n) is 13.8. The topological polar surface area (TPSA) is 54.6 Å². The fourth-order valence-corrected chi connectivity index (χ4v) is 2.76. The van der Waals surface area contributed by atoms with Crippen LogP contribution in [0, 0.1) is 5.92 Å². The first kappa shape index (κ1) is 16.7. The number of amides is 1. The second kappa shape index (κ2) is 8.11. The number of benzene rings is 2. The first-order valence-electron chi connectivity index (χ1n) is 8.26. The molecule has 0 aliphatic rings. The van der Waals surface area contributed by atoms with Crippen LogP contribution >= 0.6 is 0 Å². The van der Waals surface area contributed by atoms with Crippen LogP contribution in [0.1, 0.15) is 11.1 Å². The summed E-state index contributed by atoms with van der Waals surface area (Å²) >= 11 is 0. The minimum Gasteiger partial charge on any atom is -0.427 e. The van der Waals surface area contributed by atoms with Crippen LogP contribution < -0.4 is 5.49 Å². The fraction of sp³-hybridized carbons (Fsp3) is 0.143. The first-order valence-corrected chi connectivity index (χ1v) is 8.26. The minimum atomic E-state index is -0.287. The van der Waals surface area contributed by atoms with Gasteiger partial charge in [-0.1, -0.05) is 66.7 Å². The van der Waals surface area contributed by atoms with Crippen molar-refractivity contribution in [3.8, 4) is 0 Å². The van der Waals surface area contributed by atoms with Crippen molar-refractivity contribution in [3.63, 3.8) is 0 Å². The molecule has 0 saturated heterocycles. The number of carbonyl (C=O) groups is 1. The first-order chi connectivity index (χ1) is 12.2. The van der Waals surface area contributed by atoms with Crippen LogP contribution in [0.2, 0.25) is 0 Å². The van der Waals surface area contributed by atoms with Crippen LogP contribution in [0.25, 0.3) is 0 Å². The van der Waals surface area contributed by atoms with Crippen molar-refractivity contribution in [3.05, 3.63) is 102 Å². The van der Waals surface area contributed by atoms with Crippen molar-refractivity contribution in [1.29, 1.82) is 0 Å². The van der Waals surface area contributed by atoms with Crippen LogP contribution in [-0.2, 0) is 17.6 Å². The van der Waals surface area contributed by atoms with Crippen molar-refractivity contribution in [1.82, 2.24) is 4.73 Å². The average molecular weight is 332 g/mol. The Kier molecular flexibility index (Phi) is 5.42. The number of hydrogen-bond acceptors (Lipinski definition) is 2. The molecule has 3 rings (SSSR count). The maximum atomic E-state index is 12.8. The predicted octanol–water partition coefficient (Wildman–Crippen LogP) is 3.25. The molecule has 0 unspecified atom stereocenters. The van der Waals surface area contributed by atoms with Crippen molar-refractivity contribution >= 4 is 5.91 Å². The van der Waals surface area contributed by atoms with Crippen LogP contribution in [-0.4, -0.2) is 15.8 Å². The molecule has 25 heavy (non-hydrogen) atoms. The van der Waals surface area contributed by atoms with E-state index in [1.807, 2.05) is 60.7 Å². The van der Waals surface area contributed by atoms with Gasteiger partial charge >= 0.3 is 0 Å². The monoisotopic (exact) mass is 332 g/mol. The molecular weight excluding hydrogens is 312 g/mol. The Labute approximate surface area is 146 Å². The number of carbonyl (C=O) groups excluding carboxylic acids is 1. The van der Waals surface area contributed by atoms with Crippen LogP contribution in [0.15, 0.2) is 90.1 Å². The van der Waals surface area contributed by atoms with Gasteiger partial charge in [-0.2, -0.15) is 9.72 Å². The molecule has 0 fully saturated rings. The molecule has 1 N–H and O–H groups in total. The molecule has 0 bridgehead atoms. The summed E-state index contributed by atoms with van der Waals surface area (Å²) in [5, 5.41) is 9.79. The van der Waals surface area contributed by atoms with Crippen molar-refractivity contribution in [2.75, 3.05) is 0 Å². The van der Waals surface area contributed by atoms with Gasteiger partial charge in [0.1, 0.15) is 0 Å². The smallest absolute Gasteiger partial charge is 0.251 e. The number of pyridine rings is 1. The minimum absolute atomic E-state index is 0.235. The van der Waals surface area contributed by atoms with E-state index in [1.54, 1.807) is 18.2 Å². The summed E-state index contributed by atoms with van der Waals surface area (Å²) in [5.74, 6) is -0.522. The largest absolute Gasteiger partial charge is 0.427 e. The highest BCUT2D eigenvalue weighted by molar-refractivity contribution is 5.80. The van der Waals surface area contributed by atoms with E-state index in [1.165, 1.54) is 6.20 Å². The lowest BCUT2D eigenvalue weighted by atomic mass is 9.92. The zero-order chi connectivity index (χ0) is 17.5. The number of rotatable bonds is 5. The molecule has 126 valence electrons. The molecule has 1 heterocycles. The highest BCUT2D eigenvalue weighted by Crippen LogP contribution is 2.16. The Bertz CT molecular complexity index is 845. The summed E-state index contributed by atoms with van der Waals surface area (Å²) in [6.07, 6.45) is 2.67. The van der Waals surface area contributed by atoms with E-state index >= 15 is 0 Å². The number of nitrogens with zero attached hydrogens (tertiary/aromatic N) is 2.